The molecule has 0 saturated heterocycles. The first kappa shape index (κ1) is 26.3. The normalized spacial score (nSPS) is 11.9. The van der Waals surface area contributed by atoms with Gasteiger partial charge >= 0.3 is 5.97 Å². The molecule has 0 aliphatic heterocycles. The molecular formula is C20H18Cl3N3O6S2. The van der Waals surface area contributed by atoms with E-state index in [0.717, 1.165) is 6.26 Å². The lowest BCUT2D eigenvalue weighted by Gasteiger charge is -2.13. The van der Waals surface area contributed by atoms with Gasteiger partial charge in [0.15, 0.2) is 20.6 Å². The van der Waals surface area contributed by atoms with Crippen LogP contribution in [0.25, 0.3) is 16.9 Å². The number of rotatable bonds is 8. The number of sulfonamides is 1. The summed E-state index contributed by atoms with van der Waals surface area (Å²) >= 11 is 18.4. The van der Waals surface area contributed by atoms with Crippen molar-refractivity contribution in [2.75, 3.05) is 22.7 Å². The molecule has 0 aliphatic rings. The van der Waals surface area contributed by atoms with E-state index in [1.807, 2.05) is 0 Å². The lowest BCUT2D eigenvalue weighted by Crippen LogP contribution is -2.23. The minimum atomic E-state index is -4.47. The number of hydrogen-bond acceptors (Lipinski definition) is 7. The number of nitrogens with zero attached hydrogens (tertiary/aromatic N) is 2. The fourth-order valence-electron chi connectivity index (χ4n) is 3.03. The smallest absolute Gasteiger partial charge is 0.361 e. The van der Waals surface area contributed by atoms with Crippen LogP contribution < -0.4 is 4.72 Å². The van der Waals surface area contributed by atoms with E-state index in [2.05, 4.69) is 9.82 Å². The number of sulfone groups is 1. The largest absolute Gasteiger partial charge is 0.461 e. The Balaban J connectivity index is 2.37. The van der Waals surface area contributed by atoms with Crippen molar-refractivity contribution in [3.8, 4) is 16.9 Å². The van der Waals surface area contributed by atoms with Gasteiger partial charge in [-0.15, -0.1) is 0 Å². The molecule has 1 heterocycles. The van der Waals surface area contributed by atoms with E-state index in [-0.39, 0.29) is 28.7 Å². The van der Waals surface area contributed by atoms with Gasteiger partial charge in [0.2, 0.25) is 10.0 Å². The zero-order chi connectivity index (χ0) is 25.3. The second kappa shape index (κ2) is 10.1. The molecule has 0 spiro atoms. The van der Waals surface area contributed by atoms with E-state index in [1.54, 1.807) is 31.2 Å². The lowest BCUT2D eigenvalue weighted by molar-refractivity contribution is 0.0520. The molecular weight excluding hydrogens is 549 g/mol. The van der Waals surface area contributed by atoms with Crippen molar-refractivity contribution < 1.29 is 26.4 Å². The van der Waals surface area contributed by atoms with Crippen molar-refractivity contribution in [1.82, 2.24) is 9.78 Å². The number of carbonyl (C=O) groups is 1. The average Bonchev–Trinajstić information content (AvgIpc) is 3.05. The molecule has 0 saturated carbocycles. The third-order valence-electron chi connectivity index (χ3n) is 4.24. The van der Waals surface area contributed by atoms with E-state index >= 15 is 0 Å². The number of benzene rings is 2. The first-order valence-electron chi connectivity index (χ1n) is 9.51. The van der Waals surface area contributed by atoms with Gasteiger partial charge in [0, 0.05) is 21.9 Å². The predicted molar refractivity (Wildman–Crippen MR) is 132 cm³/mol. The molecule has 2 aromatic carbocycles. The van der Waals surface area contributed by atoms with Crippen LogP contribution in [-0.4, -0.2) is 50.5 Å². The molecule has 0 fully saturated rings. The SMILES string of the molecule is CCOC(=O)c1nn(-c2ccc(Cl)cc2Cl)c(-c2ccc(Cl)cc2)c1NS(=O)(=O)CS(C)(=O)=O. The van der Waals surface area contributed by atoms with Crippen LogP contribution in [0.4, 0.5) is 5.69 Å². The van der Waals surface area contributed by atoms with Crippen molar-refractivity contribution in [1.29, 1.82) is 0 Å². The Hall–Kier alpha value is -2.31. The summed E-state index contributed by atoms with van der Waals surface area (Å²) in [5.41, 5.74) is 0.0944. The third-order valence-corrected chi connectivity index (χ3v) is 8.50. The summed E-state index contributed by atoms with van der Waals surface area (Å²) in [6.07, 6.45) is 0.773. The Morgan fingerprint density at radius 1 is 1.03 bits per heavy atom. The van der Waals surface area contributed by atoms with Crippen LogP contribution >= 0.6 is 34.8 Å². The van der Waals surface area contributed by atoms with Gasteiger partial charge in [-0.3, -0.25) is 4.72 Å². The van der Waals surface area contributed by atoms with Crippen LogP contribution in [0.3, 0.4) is 0 Å². The zero-order valence-corrected chi connectivity index (χ0v) is 21.7. The molecule has 0 unspecified atom stereocenters. The Morgan fingerprint density at radius 2 is 1.65 bits per heavy atom. The Morgan fingerprint density at radius 3 is 2.21 bits per heavy atom. The molecule has 0 radical (unpaired) electrons. The van der Waals surface area contributed by atoms with E-state index in [4.69, 9.17) is 39.5 Å². The Labute approximate surface area is 211 Å². The summed E-state index contributed by atoms with van der Waals surface area (Å²) in [5.74, 6) is -0.932. The third kappa shape index (κ3) is 6.22. The fraction of sp³-hybridized carbons (Fsp3) is 0.200. The highest BCUT2D eigenvalue weighted by Crippen LogP contribution is 2.37. The molecule has 182 valence electrons. The standard InChI is InChI=1S/C20H18Cl3N3O6S2/c1-3-32-20(27)18-17(25-34(30,31)11-33(2,28)29)19(12-4-6-13(21)7-5-12)26(24-18)16-9-8-14(22)10-15(16)23/h4-10,25H,3,11H2,1-2H3. The fourth-order valence-corrected chi connectivity index (χ4v) is 6.63. The van der Waals surface area contributed by atoms with Gasteiger partial charge < -0.3 is 4.74 Å². The minimum absolute atomic E-state index is 0.0147. The summed E-state index contributed by atoms with van der Waals surface area (Å²) in [5, 5.41) is 3.97. The zero-order valence-electron chi connectivity index (χ0n) is 17.7. The first-order valence-corrected chi connectivity index (χ1v) is 14.4. The number of hydrogen-bond donors (Lipinski definition) is 1. The van der Waals surface area contributed by atoms with Crippen molar-refractivity contribution in [2.45, 2.75) is 6.92 Å². The molecule has 0 bridgehead atoms. The van der Waals surface area contributed by atoms with Crippen LogP contribution in [0.5, 0.6) is 0 Å². The van der Waals surface area contributed by atoms with Crippen molar-refractivity contribution in [3.05, 3.63) is 63.2 Å². The van der Waals surface area contributed by atoms with Gasteiger partial charge in [-0.2, -0.15) is 5.10 Å². The van der Waals surface area contributed by atoms with Gasteiger partial charge in [-0.1, -0.05) is 46.9 Å². The molecule has 9 nitrogen and oxygen atoms in total. The number of halogens is 3. The van der Waals surface area contributed by atoms with Gasteiger partial charge in [0.25, 0.3) is 0 Å². The van der Waals surface area contributed by atoms with Gasteiger partial charge in [0.05, 0.1) is 23.0 Å². The molecule has 1 aromatic heterocycles. The number of carbonyl (C=O) groups excluding carboxylic acids is 1. The average molecular weight is 567 g/mol. The number of ether oxygens (including phenoxy) is 1. The Bertz CT molecular complexity index is 1450. The summed E-state index contributed by atoms with van der Waals surface area (Å²) in [6, 6.07) is 10.8. The summed E-state index contributed by atoms with van der Waals surface area (Å²) < 4.78 is 57.2. The van der Waals surface area contributed by atoms with Crippen LogP contribution in [0, 0.1) is 0 Å². The van der Waals surface area contributed by atoms with Gasteiger partial charge in [-0.25, -0.2) is 26.3 Å². The maximum atomic E-state index is 12.7. The topological polar surface area (TPSA) is 124 Å². The highest BCUT2D eigenvalue weighted by atomic mass is 35.5. The highest BCUT2D eigenvalue weighted by Gasteiger charge is 2.30. The molecule has 0 aliphatic carbocycles. The van der Waals surface area contributed by atoms with E-state index in [0.29, 0.717) is 15.6 Å². The predicted octanol–water partition coefficient (Wildman–Crippen LogP) is 4.42. The molecule has 3 rings (SSSR count). The molecule has 0 atom stereocenters. The van der Waals surface area contributed by atoms with Crippen molar-refractivity contribution in [3.63, 3.8) is 0 Å². The molecule has 3 aromatic rings. The lowest BCUT2D eigenvalue weighted by atomic mass is 10.1. The van der Waals surface area contributed by atoms with Crippen molar-refractivity contribution >= 4 is 66.3 Å². The molecule has 14 heteroatoms. The van der Waals surface area contributed by atoms with Crippen LogP contribution in [0.2, 0.25) is 15.1 Å². The summed E-state index contributed by atoms with van der Waals surface area (Å²) in [6.45, 7) is 1.55. The number of esters is 1. The molecule has 34 heavy (non-hydrogen) atoms. The highest BCUT2D eigenvalue weighted by molar-refractivity contribution is 8.08. The number of anilines is 1. The molecule has 0 amide bonds. The monoisotopic (exact) mass is 565 g/mol. The number of nitrogens with one attached hydrogen (secondary N) is 1. The van der Waals surface area contributed by atoms with Crippen molar-refractivity contribution in [2.24, 2.45) is 0 Å². The van der Waals surface area contributed by atoms with Crippen LogP contribution in [0.15, 0.2) is 42.5 Å². The second-order valence-corrected chi connectivity index (χ2v) is 12.6. The van der Waals surface area contributed by atoms with Gasteiger partial charge in [-0.05, 0) is 37.3 Å². The quantitative estimate of drug-likeness (QED) is 0.400. The maximum Gasteiger partial charge on any atom is 0.361 e. The second-order valence-electron chi connectivity index (χ2n) is 7.07. The van der Waals surface area contributed by atoms with E-state index in [9.17, 15) is 21.6 Å². The van der Waals surface area contributed by atoms with E-state index in [1.165, 1.54) is 22.9 Å². The van der Waals surface area contributed by atoms with Gasteiger partial charge in [0.1, 0.15) is 5.69 Å². The molecule has 1 N–H and O–H groups in total. The maximum absolute atomic E-state index is 12.7. The van der Waals surface area contributed by atoms with Crippen LogP contribution in [-0.2, 0) is 24.6 Å². The van der Waals surface area contributed by atoms with E-state index < -0.39 is 36.6 Å². The first-order chi connectivity index (χ1) is 15.8. The number of aromatic nitrogens is 2. The Kier molecular flexibility index (Phi) is 7.83. The minimum Gasteiger partial charge on any atom is -0.461 e. The summed E-state index contributed by atoms with van der Waals surface area (Å²) in [4.78, 5) is 12.7. The summed E-state index contributed by atoms with van der Waals surface area (Å²) in [7, 11) is -8.40. The van der Waals surface area contributed by atoms with Crippen LogP contribution in [0.1, 0.15) is 17.4 Å².